The number of nitrogens with zero attached hydrogens (tertiary/aromatic N) is 1. The van der Waals surface area contributed by atoms with Gasteiger partial charge >= 0.3 is 0 Å². The van der Waals surface area contributed by atoms with E-state index in [0.29, 0.717) is 5.89 Å². The molecule has 0 aliphatic heterocycles. The van der Waals surface area contributed by atoms with Crippen LogP contribution in [-0.2, 0) is 6.42 Å². The molecule has 0 bridgehead atoms. The molecule has 0 aliphatic rings. The van der Waals surface area contributed by atoms with Crippen LogP contribution in [0.2, 0.25) is 0 Å². The number of benzene rings is 2. The van der Waals surface area contributed by atoms with Gasteiger partial charge in [-0.05, 0) is 35.7 Å². The van der Waals surface area contributed by atoms with Crippen LogP contribution in [0.4, 0.5) is 0 Å². The summed E-state index contributed by atoms with van der Waals surface area (Å²) >= 11 is 0. The molecule has 0 unspecified atom stereocenters. The van der Waals surface area contributed by atoms with E-state index in [-0.39, 0.29) is 0 Å². The van der Waals surface area contributed by atoms with Crippen LogP contribution >= 0.6 is 0 Å². The standard InChI is InChI=1S/C17H15NO/c1-3-12-8-7-9-14(13(12)4-2)17-18-15-10-5-6-11-16(15)19-17/h4-11H,2-3H2,1H3. The van der Waals surface area contributed by atoms with Gasteiger partial charge in [-0.25, -0.2) is 4.98 Å². The normalized spacial score (nSPS) is 10.8. The summed E-state index contributed by atoms with van der Waals surface area (Å²) in [5.41, 5.74) is 5.07. The van der Waals surface area contributed by atoms with Gasteiger partial charge in [0.05, 0.1) is 0 Å². The van der Waals surface area contributed by atoms with Crippen molar-refractivity contribution in [2.75, 3.05) is 0 Å². The predicted octanol–water partition coefficient (Wildman–Crippen LogP) is 4.70. The molecule has 0 N–H and O–H groups in total. The van der Waals surface area contributed by atoms with Gasteiger partial charge in [0.1, 0.15) is 5.52 Å². The van der Waals surface area contributed by atoms with E-state index in [9.17, 15) is 0 Å². The minimum Gasteiger partial charge on any atom is -0.436 e. The lowest BCUT2D eigenvalue weighted by atomic mass is 9.99. The van der Waals surface area contributed by atoms with Crippen molar-refractivity contribution in [2.45, 2.75) is 13.3 Å². The van der Waals surface area contributed by atoms with Crippen LogP contribution in [0.1, 0.15) is 18.1 Å². The molecular weight excluding hydrogens is 234 g/mol. The van der Waals surface area contributed by atoms with E-state index in [4.69, 9.17) is 4.42 Å². The van der Waals surface area contributed by atoms with Crippen molar-refractivity contribution in [1.82, 2.24) is 4.98 Å². The predicted molar refractivity (Wildman–Crippen MR) is 78.9 cm³/mol. The number of aromatic nitrogens is 1. The highest BCUT2D eigenvalue weighted by Gasteiger charge is 2.12. The summed E-state index contributed by atoms with van der Waals surface area (Å²) in [7, 11) is 0. The molecule has 2 aromatic carbocycles. The molecule has 1 aromatic heterocycles. The molecule has 1 heterocycles. The Hall–Kier alpha value is -2.35. The van der Waals surface area contributed by atoms with Crippen LogP contribution in [0.5, 0.6) is 0 Å². The maximum absolute atomic E-state index is 5.84. The lowest BCUT2D eigenvalue weighted by Crippen LogP contribution is -1.90. The number of hydrogen-bond acceptors (Lipinski definition) is 2. The Labute approximate surface area is 112 Å². The number of oxazole rings is 1. The van der Waals surface area contributed by atoms with Crippen molar-refractivity contribution in [3.05, 3.63) is 60.2 Å². The molecule has 0 amide bonds. The minimum atomic E-state index is 0.659. The summed E-state index contributed by atoms with van der Waals surface area (Å²) in [6.07, 6.45) is 2.85. The highest BCUT2D eigenvalue weighted by atomic mass is 16.3. The Morgan fingerprint density at radius 1 is 1.16 bits per heavy atom. The third kappa shape index (κ3) is 1.95. The number of rotatable bonds is 3. The fourth-order valence-electron chi connectivity index (χ4n) is 2.34. The Kier molecular flexibility index (Phi) is 2.92. The molecule has 3 rings (SSSR count). The van der Waals surface area contributed by atoms with Gasteiger partial charge in [0, 0.05) is 5.56 Å². The molecule has 94 valence electrons. The minimum absolute atomic E-state index is 0.659. The van der Waals surface area contributed by atoms with E-state index >= 15 is 0 Å². The van der Waals surface area contributed by atoms with Gasteiger partial charge < -0.3 is 4.42 Å². The lowest BCUT2D eigenvalue weighted by molar-refractivity contribution is 0.619. The zero-order chi connectivity index (χ0) is 13.2. The molecule has 0 spiro atoms. The second-order valence-electron chi connectivity index (χ2n) is 4.42. The lowest BCUT2D eigenvalue weighted by Gasteiger charge is -2.07. The van der Waals surface area contributed by atoms with E-state index in [1.54, 1.807) is 0 Å². The topological polar surface area (TPSA) is 26.0 Å². The second kappa shape index (κ2) is 4.73. The molecule has 0 radical (unpaired) electrons. The average Bonchev–Trinajstić information content (AvgIpc) is 2.89. The van der Waals surface area contributed by atoms with E-state index < -0.39 is 0 Å². The van der Waals surface area contributed by atoms with Crippen LogP contribution < -0.4 is 0 Å². The first kappa shape index (κ1) is 11.7. The smallest absolute Gasteiger partial charge is 0.227 e. The average molecular weight is 249 g/mol. The van der Waals surface area contributed by atoms with Gasteiger partial charge in [-0.3, -0.25) is 0 Å². The highest BCUT2D eigenvalue weighted by Crippen LogP contribution is 2.29. The van der Waals surface area contributed by atoms with E-state index in [0.717, 1.165) is 28.6 Å². The summed E-state index contributed by atoms with van der Waals surface area (Å²) in [4.78, 5) is 4.55. The molecule has 0 saturated carbocycles. The van der Waals surface area contributed by atoms with Crippen molar-refractivity contribution in [3.8, 4) is 11.5 Å². The Balaban J connectivity index is 2.23. The van der Waals surface area contributed by atoms with Crippen molar-refractivity contribution in [2.24, 2.45) is 0 Å². The largest absolute Gasteiger partial charge is 0.436 e. The van der Waals surface area contributed by atoms with Crippen molar-refractivity contribution < 1.29 is 4.42 Å². The molecule has 0 atom stereocenters. The summed E-state index contributed by atoms with van der Waals surface area (Å²) < 4.78 is 5.84. The fraction of sp³-hybridized carbons (Fsp3) is 0.118. The summed E-state index contributed by atoms with van der Waals surface area (Å²) in [6, 6.07) is 14.0. The number of para-hydroxylation sites is 2. The summed E-state index contributed by atoms with van der Waals surface area (Å²) in [5, 5.41) is 0. The van der Waals surface area contributed by atoms with E-state index in [2.05, 4.69) is 24.6 Å². The molecule has 2 nitrogen and oxygen atoms in total. The molecule has 0 fully saturated rings. The summed E-state index contributed by atoms with van der Waals surface area (Å²) in [5.74, 6) is 0.659. The SMILES string of the molecule is C=Cc1c(CC)cccc1-c1nc2ccccc2o1. The number of fused-ring (bicyclic) bond motifs is 1. The molecule has 19 heavy (non-hydrogen) atoms. The van der Waals surface area contributed by atoms with Gasteiger partial charge in [0.25, 0.3) is 0 Å². The Morgan fingerprint density at radius 3 is 2.74 bits per heavy atom. The third-order valence-corrected chi connectivity index (χ3v) is 3.31. The Bertz CT molecular complexity index is 707. The molecule has 2 heteroatoms. The van der Waals surface area contributed by atoms with Gasteiger partial charge in [-0.2, -0.15) is 0 Å². The van der Waals surface area contributed by atoms with Crippen LogP contribution in [-0.4, -0.2) is 4.98 Å². The second-order valence-corrected chi connectivity index (χ2v) is 4.42. The molecular formula is C17H15NO. The van der Waals surface area contributed by atoms with Crippen molar-refractivity contribution in [1.29, 1.82) is 0 Å². The van der Waals surface area contributed by atoms with Crippen molar-refractivity contribution >= 4 is 17.2 Å². The Morgan fingerprint density at radius 2 is 2.00 bits per heavy atom. The number of aryl methyl sites for hydroxylation is 1. The van der Waals surface area contributed by atoms with E-state index in [1.165, 1.54) is 5.56 Å². The molecule has 3 aromatic rings. The van der Waals surface area contributed by atoms with Crippen LogP contribution in [0, 0.1) is 0 Å². The monoisotopic (exact) mass is 249 g/mol. The molecule has 0 aliphatic carbocycles. The van der Waals surface area contributed by atoms with Crippen LogP contribution in [0.3, 0.4) is 0 Å². The maximum atomic E-state index is 5.84. The van der Waals surface area contributed by atoms with Gasteiger partial charge in [-0.15, -0.1) is 0 Å². The maximum Gasteiger partial charge on any atom is 0.227 e. The fourth-order valence-corrected chi connectivity index (χ4v) is 2.34. The summed E-state index contributed by atoms with van der Waals surface area (Å²) in [6.45, 7) is 6.05. The van der Waals surface area contributed by atoms with E-state index in [1.807, 2.05) is 42.5 Å². The van der Waals surface area contributed by atoms with Crippen LogP contribution in [0.15, 0.2) is 53.5 Å². The van der Waals surface area contributed by atoms with Gasteiger partial charge in [-0.1, -0.05) is 43.8 Å². The first-order valence-electron chi connectivity index (χ1n) is 6.43. The van der Waals surface area contributed by atoms with Crippen molar-refractivity contribution in [3.63, 3.8) is 0 Å². The highest BCUT2D eigenvalue weighted by molar-refractivity contribution is 5.79. The third-order valence-electron chi connectivity index (χ3n) is 3.31. The van der Waals surface area contributed by atoms with Gasteiger partial charge in [0.15, 0.2) is 5.58 Å². The first-order valence-corrected chi connectivity index (χ1v) is 6.43. The quantitative estimate of drug-likeness (QED) is 0.672. The van der Waals surface area contributed by atoms with Gasteiger partial charge in [0.2, 0.25) is 5.89 Å². The first-order chi connectivity index (χ1) is 9.33. The molecule has 0 saturated heterocycles. The zero-order valence-electron chi connectivity index (χ0n) is 10.9. The zero-order valence-corrected chi connectivity index (χ0v) is 10.9. The van der Waals surface area contributed by atoms with Crippen LogP contribution in [0.25, 0.3) is 28.6 Å². The number of hydrogen-bond donors (Lipinski definition) is 0.